The van der Waals surface area contributed by atoms with Crippen LogP contribution in [0.5, 0.6) is 0 Å². The van der Waals surface area contributed by atoms with Crippen LogP contribution in [0, 0.1) is 35.0 Å². The van der Waals surface area contributed by atoms with Gasteiger partial charge in [-0.25, -0.2) is 0 Å². The molecule has 1 saturated carbocycles. The number of carboxylic acids is 1. The fourth-order valence-electron chi connectivity index (χ4n) is 5.88. The average Bonchev–Trinajstić information content (AvgIpc) is 3.37. The first-order valence-corrected chi connectivity index (χ1v) is 11.7. The molecule has 1 spiro atoms. The van der Waals surface area contributed by atoms with Crippen molar-refractivity contribution in [1.29, 1.82) is 0 Å². The average molecular weight is 419 g/mol. The van der Waals surface area contributed by atoms with Crippen molar-refractivity contribution in [2.75, 3.05) is 0 Å². The summed E-state index contributed by atoms with van der Waals surface area (Å²) in [5.41, 5.74) is 1.45. The number of aliphatic hydroxyl groups is 1. The molecule has 3 aliphatic carbocycles. The van der Waals surface area contributed by atoms with Crippen LogP contribution in [0.2, 0.25) is 0 Å². The van der Waals surface area contributed by atoms with E-state index in [2.05, 4.69) is 32.1 Å². The Kier molecular flexibility index (Phi) is 7.11. The quantitative estimate of drug-likeness (QED) is 0.528. The van der Waals surface area contributed by atoms with Crippen LogP contribution in [0.15, 0.2) is 23.8 Å². The maximum absolute atomic E-state index is 12.6. The van der Waals surface area contributed by atoms with E-state index in [1.165, 1.54) is 5.57 Å². The van der Waals surface area contributed by atoms with Gasteiger partial charge in [0.1, 0.15) is 6.10 Å². The number of hydrogen-bond acceptors (Lipinski definition) is 4. The van der Waals surface area contributed by atoms with Crippen molar-refractivity contribution in [2.24, 2.45) is 35.0 Å². The van der Waals surface area contributed by atoms with Crippen LogP contribution >= 0.6 is 0 Å². The Morgan fingerprint density at radius 3 is 2.73 bits per heavy atom. The number of hydrogen-bond donors (Lipinski definition) is 2. The van der Waals surface area contributed by atoms with Gasteiger partial charge in [-0.15, -0.1) is 0 Å². The van der Waals surface area contributed by atoms with Crippen LogP contribution in [0.25, 0.3) is 0 Å². The zero-order valence-electron chi connectivity index (χ0n) is 18.8. The number of aliphatic hydroxyl groups excluding tert-OH is 1. The minimum Gasteiger partial charge on any atom is -0.481 e. The predicted molar refractivity (Wildman–Crippen MR) is 116 cm³/mol. The van der Waals surface area contributed by atoms with Gasteiger partial charge in [0.25, 0.3) is 0 Å². The van der Waals surface area contributed by atoms with Gasteiger partial charge in [-0.2, -0.15) is 0 Å². The van der Waals surface area contributed by atoms with E-state index in [0.29, 0.717) is 24.2 Å². The first-order valence-electron chi connectivity index (χ1n) is 11.7. The highest BCUT2D eigenvalue weighted by Crippen LogP contribution is 2.69. The molecular weight excluding hydrogens is 380 g/mol. The normalized spacial score (nSPS) is 36.6. The van der Waals surface area contributed by atoms with Crippen molar-refractivity contribution in [3.8, 4) is 0 Å². The second-order valence-electron chi connectivity index (χ2n) is 9.99. The van der Waals surface area contributed by atoms with E-state index in [1.54, 1.807) is 0 Å². The summed E-state index contributed by atoms with van der Waals surface area (Å²) in [5.74, 6) is 0.483. The van der Waals surface area contributed by atoms with Crippen molar-refractivity contribution in [3.63, 3.8) is 0 Å². The molecule has 0 aromatic rings. The Hall–Kier alpha value is -1.62. The molecule has 3 aliphatic rings. The first kappa shape index (κ1) is 23.1. The number of esters is 1. The van der Waals surface area contributed by atoms with E-state index in [4.69, 9.17) is 9.84 Å². The van der Waals surface area contributed by atoms with Gasteiger partial charge in [-0.3, -0.25) is 9.59 Å². The molecule has 8 atom stereocenters. The molecule has 0 aromatic heterocycles. The molecule has 0 heterocycles. The molecule has 5 nitrogen and oxygen atoms in total. The number of aliphatic carboxylic acids is 1. The van der Waals surface area contributed by atoms with Crippen LogP contribution in [0.4, 0.5) is 0 Å². The minimum atomic E-state index is -0.950. The maximum Gasteiger partial charge on any atom is 0.308 e. The zero-order valence-corrected chi connectivity index (χ0v) is 18.8. The highest BCUT2D eigenvalue weighted by atomic mass is 16.5. The molecular formula is C25H38O5. The molecule has 30 heavy (non-hydrogen) atoms. The molecule has 0 saturated heterocycles. The third-order valence-corrected chi connectivity index (χ3v) is 7.80. The Morgan fingerprint density at radius 2 is 2.07 bits per heavy atom. The summed E-state index contributed by atoms with van der Waals surface area (Å²) >= 11 is 0. The zero-order chi connectivity index (χ0) is 22.1. The summed E-state index contributed by atoms with van der Waals surface area (Å²) in [7, 11) is 0. The minimum absolute atomic E-state index is 0.0727. The monoisotopic (exact) mass is 418 g/mol. The summed E-state index contributed by atoms with van der Waals surface area (Å²) in [6, 6.07) is 0. The van der Waals surface area contributed by atoms with E-state index in [9.17, 15) is 14.7 Å². The molecule has 3 rings (SSSR count). The highest BCUT2D eigenvalue weighted by Gasteiger charge is 2.64. The Labute approximate surface area is 180 Å². The third kappa shape index (κ3) is 4.66. The summed E-state index contributed by atoms with van der Waals surface area (Å²) in [4.78, 5) is 23.4. The second-order valence-corrected chi connectivity index (χ2v) is 9.99. The summed E-state index contributed by atoms with van der Waals surface area (Å²) < 4.78 is 6.12. The number of fused-ring (bicyclic) bond motifs is 2. The highest BCUT2D eigenvalue weighted by molar-refractivity contribution is 5.72. The first-order chi connectivity index (χ1) is 14.2. The Balaban J connectivity index is 1.72. The summed E-state index contributed by atoms with van der Waals surface area (Å²) in [5, 5.41) is 18.7. The molecule has 2 N–H and O–H groups in total. The lowest BCUT2D eigenvalue weighted by molar-refractivity contribution is -0.159. The lowest BCUT2D eigenvalue weighted by atomic mass is 9.63. The van der Waals surface area contributed by atoms with E-state index in [0.717, 1.165) is 32.1 Å². The lowest BCUT2D eigenvalue weighted by Gasteiger charge is -2.44. The number of carbonyl (C=O) groups is 2. The fraction of sp³-hybridized carbons (Fsp3) is 0.760. The van der Waals surface area contributed by atoms with Crippen molar-refractivity contribution in [2.45, 2.75) is 84.8 Å². The number of ether oxygens (including phenoxy) is 1. The molecule has 4 unspecified atom stereocenters. The van der Waals surface area contributed by atoms with Crippen molar-refractivity contribution in [3.05, 3.63) is 23.8 Å². The van der Waals surface area contributed by atoms with Crippen LogP contribution in [-0.2, 0) is 14.3 Å². The molecule has 1 fully saturated rings. The standard InChI is InChI=1S/C25H38O5/c1-5-16(3)24(29)30-21-12-15(2)11-18-10-9-17(4)25(23(18)21)14-19(25)7-6-8-20(26)13-22(27)28/h9-11,15-17,19-21,23,26H,5-8,12-14H2,1-4H3,(H,27,28)/t15-,16-,17-,19?,20-,21?,23?,25?/m0/s1. The fourth-order valence-corrected chi connectivity index (χ4v) is 5.88. The lowest BCUT2D eigenvalue weighted by Crippen LogP contribution is -2.43. The van der Waals surface area contributed by atoms with Crippen LogP contribution in [-0.4, -0.2) is 34.4 Å². The summed E-state index contributed by atoms with van der Waals surface area (Å²) in [6.07, 6.45) is 11.0. The summed E-state index contributed by atoms with van der Waals surface area (Å²) in [6.45, 7) is 8.43. The van der Waals surface area contributed by atoms with Gasteiger partial charge in [0.2, 0.25) is 0 Å². The van der Waals surface area contributed by atoms with Gasteiger partial charge in [0, 0.05) is 5.92 Å². The number of allylic oxidation sites excluding steroid dienone is 3. The van der Waals surface area contributed by atoms with Gasteiger partial charge in [0.15, 0.2) is 0 Å². The Morgan fingerprint density at radius 1 is 1.33 bits per heavy atom. The smallest absolute Gasteiger partial charge is 0.308 e. The maximum atomic E-state index is 12.6. The van der Waals surface area contributed by atoms with Crippen LogP contribution in [0.3, 0.4) is 0 Å². The molecule has 5 heteroatoms. The number of carboxylic acid groups (broad SMARTS) is 1. The van der Waals surface area contributed by atoms with Gasteiger partial charge in [-0.1, -0.05) is 52.3 Å². The molecule has 168 valence electrons. The van der Waals surface area contributed by atoms with Gasteiger partial charge < -0.3 is 14.9 Å². The predicted octanol–water partition coefficient (Wildman–Crippen LogP) is 4.74. The molecule has 0 radical (unpaired) electrons. The van der Waals surface area contributed by atoms with E-state index in [1.807, 2.05) is 13.8 Å². The molecule has 0 bridgehead atoms. The number of rotatable bonds is 9. The van der Waals surface area contributed by atoms with E-state index < -0.39 is 12.1 Å². The van der Waals surface area contributed by atoms with Crippen LogP contribution < -0.4 is 0 Å². The molecule has 0 aliphatic heterocycles. The van der Waals surface area contributed by atoms with Gasteiger partial charge in [0.05, 0.1) is 18.4 Å². The van der Waals surface area contributed by atoms with E-state index in [-0.39, 0.29) is 35.7 Å². The molecule has 0 amide bonds. The van der Waals surface area contributed by atoms with E-state index >= 15 is 0 Å². The number of carbonyl (C=O) groups excluding carboxylic acids is 1. The molecule has 0 aromatic carbocycles. The third-order valence-electron chi connectivity index (χ3n) is 7.80. The van der Waals surface area contributed by atoms with Crippen molar-refractivity contribution < 1.29 is 24.5 Å². The second kappa shape index (κ2) is 9.25. The van der Waals surface area contributed by atoms with Gasteiger partial charge >= 0.3 is 11.9 Å². The van der Waals surface area contributed by atoms with Crippen molar-refractivity contribution in [1.82, 2.24) is 0 Å². The van der Waals surface area contributed by atoms with Crippen LogP contribution in [0.1, 0.15) is 72.6 Å². The van der Waals surface area contributed by atoms with Crippen molar-refractivity contribution >= 4 is 11.9 Å². The SMILES string of the molecule is CC[C@H](C)C(=O)OC1C[C@@H](C)C=C2C=C[C@H](C)C3(CC3CCC[C@H](O)CC(=O)O)C21. The Bertz CT molecular complexity index is 710. The largest absolute Gasteiger partial charge is 0.481 e. The van der Waals surface area contributed by atoms with Gasteiger partial charge in [-0.05, 0) is 60.8 Å². The topological polar surface area (TPSA) is 83.8 Å².